The molecule has 4 amide bonds. The lowest BCUT2D eigenvalue weighted by atomic mass is 10.0. The van der Waals surface area contributed by atoms with Crippen LogP contribution < -0.4 is 11.1 Å². The van der Waals surface area contributed by atoms with Crippen LogP contribution in [-0.2, 0) is 19.1 Å². The summed E-state index contributed by atoms with van der Waals surface area (Å²) in [5.74, 6) is -3.95. The first-order valence-corrected chi connectivity index (χ1v) is 7.92. The third-order valence-corrected chi connectivity index (χ3v) is 3.78. The van der Waals surface area contributed by atoms with Crippen LogP contribution in [0.2, 0.25) is 0 Å². The van der Waals surface area contributed by atoms with Gasteiger partial charge in [0.1, 0.15) is 6.04 Å². The van der Waals surface area contributed by atoms with E-state index in [1.165, 1.54) is 12.1 Å². The number of primary amides is 1. The summed E-state index contributed by atoms with van der Waals surface area (Å²) in [6.07, 6.45) is 0. The molecule has 2 rings (SSSR count). The number of amides is 4. The van der Waals surface area contributed by atoms with Crippen LogP contribution in [0.25, 0.3) is 0 Å². The van der Waals surface area contributed by atoms with Gasteiger partial charge in [-0.15, -0.1) is 0 Å². The number of carbonyl (C=O) groups is 5. The summed E-state index contributed by atoms with van der Waals surface area (Å²) in [5.41, 5.74) is 5.33. The first-order chi connectivity index (χ1) is 12.2. The van der Waals surface area contributed by atoms with E-state index in [-0.39, 0.29) is 17.7 Å². The summed E-state index contributed by atoms with van der Waals surface area (Å²) in [6.45, 7) is 2.27. The highest BCUT2D eigenvalue weighted by Gasteiger charge is 2.44. The molecule has 0 saturated heterocycles. The molecule has 0 saturated carbocycles. The number of fused-ring (bicyclic) bond motifs is 1. The van der Waals surface area contributed by atoms with Crippen molar-refractivity contribution >= 4 is 29.6 Å². The van der Waals surface area contributed by atoms with Crippen molar-refractivity contribution in [2.45, 2.75) is 19.9 Å². The molecule has 26 heavy (non-hydrogen) atoms. The SMILES string of the molecule is CC(C)[C@H](C(=O)OCC(=O)NCC(N)=O)N1C(=O)c2ccccc2C1=O. The minimum absolute atomic E-state index is 0.218. The molecule has 0 aromatic heterocycles. The Balaban J connectivity index is 2.11. The van der Waals surface area contributed by atoms with Gasteiger partial charge in [-0.2, -0.15) is 0 Å². The van der Waals surface area contributed by atoms with E-state index in [0.717, 1.165) is 4.90 Å². The van der Waals surface area contributed by atoms with Gasteiger partial charge in [-0.3, -0.25) is 24.1 Å². The normalized spacial score (nSPS) is 14.2. The molecule has 0 bridgehead atoms. The van der Waals surface area contributed by atoms with Crippen molar-refractivity contribution in [3.8, 4) is 0 Å². The van der Waals surface area contributed by atoms with Crippen LogP contribution in [0.1, 0.15) is 34.6 Å². The van der Waals surface area contributed by atoms with Gasteiger partial charge in [0, 0.05) is 0 Å². The van der Waals surface area contributed by atoms with Crippen LogP contribution in [-0.4, -0.2) is 53.7 Å². The van der Waals surface area contributed by atoms with Crippen LogP contribution >= 0.6 is 0 Å². The first kappa shape index (κ1) is 19.1. The maximum Gasteiger partial charge on any atom is 0.330 e. The Morgan fingerprint density at radius 2 is 1.65 bits per heavy atom. The zero-order chi connectivity index (χ0) is 19.4. The number of esters is 1. The second kappa shape index (κ2) is 7.77. The van der Waals surface area contributed by atoms with Gasteiger partial charge in [-0.25, -0.2) is 4.79 Å². The maximum atomic E-state index is 12.5. The van der Waals surface area contributed by atoms with Crippen molar-refractivity contribution in [1.82, 2.24) is 10.2 Å². The fraction of sp³-hybridized carbons (Fsp3) is 0.353. The first-order valence-electron chi connectivity index (χ1n) is 7.92. The number of carbonyl (C=O) groups excluding carboxylic acids is 5. The van der Waals surface area contributed by atoms with Gasteiger partial charge in [-0.05, 0) is 18.1 Å². The monoisotopic (exact) mass is 361 g/mol. The lowest BCUT2D eigenvalue weighted by Gasteiger charge is -2.27. The van der Waals surface area contributed by atoms with Gasteiger partial charge >= 0.3 is 5.97 Å². The third kappa shape index (κ3) is 3.88. The lowest BCUT2D eigenvalue weighted by molar-refractivity contribution is -0.153. The molecule has 0 spiro atoms. The van der Waals surface area contributed by atoms with Crippen LogP contribution in [0.4, 0.5) is 0 Å². The molecular formula is C17H19N3O6. The minimum atomic E-state index is -1.17. The van der Waals surface area contributed by atoms with Gasteiger partial charge in [-0.1, -0.05) is 26.0 Å². The Bertz CT molecular complexity index is 739. The number of imide groups is 1. The Morgan fingerprint density at radius 3 is 2.12 bits per heavy atom. The Hall–Kier alpha value is -3.23. The van der Waals surface area contributed by atoms with E-state index in [1.54, 1.807) is 26.0 Å². The number of hydrogen-bond donors (Lipinski definition) is 2. The second-order valence-corrected chi connectivity index (χ2v) is 6.07. The predicted molar refractivity (Wildman–Crippen MR) is 88.7 cm³/mol. The topological polar surface area (TPSA) is 136 Å². The summed E-state index contributed by atoms with van der Waals surface area (Å²) in [6, 6.07) is 5.09. The van der Waals surface area contributed by atoms with E-state index in [4.69, 9.17) is 10.5 Å². The average molecular weight is 361 g/mol. The number of nitrogens with zero attached hydrogens (tertiary/aromatic N) is 1. The maximum absolute atomic E-state index is 12.5. The van der Waals surface area contributed by atoms with E-state index in [1.807, 2.05) is 0 Å². The van der Waals surface area contributed by atoms with Crippen molar-refractivity contribution < 1.29 is 28.7 Å². The lowest BCUT2D eigenvalue weighted by Crippen LogP contribution is -2.49. The van der Waals surface area contributed by atoms with Crippen LogP contribution in [0.5, 0.6) is 0 Å². The summed E-state index contributed by atoms with van der Waals surface area (Å²) < 4.78 is 4.92. The number of nitrogens with one attached hydrogen (secondary N) is 1. The van der Waals surface area contributed by atoms with E-state index in [2.05, 4.69) is 5.32 Å². The molecule has 9 nitrogen and oxygen atoms in total. The standard InChI is InChI=1S/C17H19N3O6/c1-9(2)14(17(25)26-8-13(22)19-7-12(18)21)20-15(23)10-5-3-4-6-11(10)16(20)24/h3-6,9,14H,7-8H2,1-2H3,(H2,18,21)(H,19,22)/t14-/m1/s1. The number of ether oxygens (including phenoxy) is 1. The summed E-state index contributed by atoms with van der Waals surface area (Å²) in [7, 11) is 0. The predicted octanol–water partition coefficient (Wildman–Crippen LogP) is -0.548. The Morgan fingerprint density at radius 1 is 1.12 bits per heavy atom. The molecule has 1 heterocycles. The molecule has 1 aromatic rings. The van der Waals surface area contributed by atoms with Crippen molar-refractivity contribution in [1.29, 1.82) is 0 Å². The Labute approximate surface area is 149 Å². The van der Waals surface area contributed by atoms with Crippen molar-refractivity contribution in [2.75, 3.05) is 13.2 Å². The van der Waals surface area contributed by atoms with Crippen molar-refractivity contribution in [2.24, 2.45) is 11.7 Å². The molecule has 0 unspecified atom stereocenters. The van der Waals surface area contributed by atoms with Gasteiger partial charge in [0.2, 0.25) is 5.91 Å². The molecule has 9 heteroatoms. The molecule has 1 aliphatic heterocycles. The van der Waals surface area contributed by atoms with Gasteiger partial charge < -0.3 is 15.8 Å². The highest BCUT2D eigenvalue weighted by Crippen LogP contribution is 2.27. The number of nitrogens with two attached hydrogens (primary N) is 1. The summed E-state index contributed by atoms with van der Waals surface area (Å²) in [5, 5.41) is 2.17. The third-order valence-electron chi connectivity index (χ3n) is 3.78. The molecule has 138 valence electrons. The molecule has 1 aliphatic rings. The van der Waals surface area contributed by atoms with E-state index in [0.29, 0.717) is 0 Å². The second-order valence-electron chi connectivity index (χ2n) is 6.07. The fourth-order valence-electron chi connectivity index (χ4n) is 2.60. The average Bonchev–Trinajstić information content (AvgIpc) is 2.83. The molecule has 1 atom stereocenters. The van der Waals surface area contributed by atoms with Crippen molar-refractivity contribution in [3.05, 3.63) is 35.4 Å². The molecule has 0 radical (unpaired) electrons. The zero-order valence-corrected chi connectivity index (χ0v) is 14.4. The fourth-order valence-corrected chi connectivity index (χ4v) is 2.60. The highest BCUT2D eigenvalue weighted by atomic mass is 16.5. The van der Waals surface area contributed by atoms with Crippen LogP contribution in [0.3, 0.4) is 0 Å². The summed E-state index contributed by atoms with van der Waals surface area (Å²) >= 11 is 0. The van der Waals surface area contributed by atoms with Crippen molar-refractivity contribution in [3.63, 3.8) is 0 Å². The van der Waals surface area contributed by atoms with Gasteiger partial charge in [0.05, 0.1) is 17.7 Å². The van der Waals surface area contributed by atoms with Gasteiger partial charge in [0.25, 0.3) is 17.7 Å². The van der Waals surface area contributed by atoms with E-state index >= 15 is 0 Å². The molecular weight excluding hydrogens is 342 g/mol. The summed E-state index contributed by atoms with van der Waals surface area (Å²) in [4.78, 5) is 60.5. The molecule has 0 aliphatic carbocycles. The largest absolute Gasteiger partial charge is 0.454 e. The molecule has 3 N–H and O–H groups in total. The molecule has 1 aromatic carbocycles. The number of hydrogen-bond acceptors (Lipinski definition) is 6. The van der Waals surface area contributed by atoms with E-state index in [9.17, 15) is 24.0 Å². The van der Waals surface area contributed by atoms with Gasteiger partial charge in [0.15, 0.2) is 6.61 Å². The number of benzene rings is 1. The highest BCUT2D eigenvalue weighted by molar-refractivity contribution is 6.22. The minimum Gasteiger partial charge on any atom is -0.454 e. The quantitative estimate of drug-likeness (QED) is 0.494. The number of rotatable bonds is 7. The van der Waals surface area contributed by atoms with Crippen LogP contribution in [0, 0.1) is 5.92 Å². The molecule has 0 fully saturated rings. The van der Waals surface area contributed by atoms with Crippen LogP contribution in [0.15, 0.2) is 24.3 Å². The Kier molecular flexibility index (Phi) is 5.71. The zero-order valence-electron chi connectivity index (χ0n) is 14.4. The van der Waals surface area contributed by atoms with E-state index < -0.39 is 48.2 Å². The smallest absolute Gasteiger partial charge is 0.330 e.